The number of anilines is 1. The molecule has 0 aliphatic rings. The lowest BCUT2D eigenvalue weighted by atomic mass is 10.2. The summed E-state index contributed by atoms with van der Waals surface area (Å²) in [6.45, 7) is -0.770. The van der Waals surface area contributed by atoms with Crippen LogP contribution in [-0.2, 0) is 9.59 Å². The van der Waals surface area contributed by atoms with Crippen molar-refractivity contribution in [2.75, 3.05) is 18.0 Å². The number of rotatable bonds is 6. The summed E-state index contributed by atoms with van der Waals surface area (Å²) in [7, 11) is 0. The van der Waals surface area contributed by atoms with Crippen LogP contribution in [0.2, 0.25) is 5.02 Å². The maximum atomic E-state index is 11.0. The second-order valence-corrected chi connectivity index (χ2v) is 4.06. The fourth-order valence-electron chi connectivity index (χ4n) is 1.54. The summed E-state index contributed by atoms with van der Waals surface area (Å²) in [5, 5.41) is 10.9. The van der Waals surface area contributed by atoms with Gasteiger partial charge in [-0.2, -0.15) is 0 Å². The van der Waals surface area contributed by atoms with Gasteiger partial charge in [-0.05, 0) is 12.1 Å². The molecule has 1 aromatic carbocycles. The minimum atomic E-state index is -0.754. The van der Waals surface area contributed by atoms with Gasteiger partial charge in [0.05, 0.1) is 18.0 Å². The van der Waals surface area contributed by atoms with E-state index in [1.807, 2.05) is 0 Å². The fourth-order valence-corrected chi connectivity index (χ4v) is 1.78. The predicted octanol–water partition coefficient (Wildman–Crippen LogP) is 0.0252. The first-order valence-electron chi connectivity index (χ1n) is 5.07. The molecule has 102 valence electrons. The molecular weight excluding hydrogens is 276 g/mol. The molecule has 2 amide bonds. The molecular formula is C10H11ClN4O4. The summed E-state index contributed by atoms with van der Waals surface area (Å²) in [5.41, 5.74) is 9.67. The highest BCUT2D eigenvalue weighted by molar-refractivity contribution is 6.33. The van der Waals surface area contributed by atoms with Crippen LogP contribution in [0.15, 0.2) is 18.2 Å². The number of primary amides is 2. The van der Waals surface area contributed by atoms with Crippen LogP contribution in [0.4, 0.5) is 11.4 Å². The Balaban J connectivity index is 3.28. The van der Waals surface area contributed by atoms with E-state index in [2.05, 4.69) is 0 Å². The third kappa shape index (κ3) is 3.81. The van der Waals surface area contributed by atoms with Gasteiger partial charge in [-0.15, -0.1) is 0 Å². The van der Waals surface area contributed by atoms with Crippen molar-refractivity contribution in [2.24, 2.45) is 11.5 Å². The van der Waals surface area contributed by atoms with Crippen molar-refractivity contribution in [1.29, 1.82) is 0 Å². The van der Waals surface area contributed by atoms with E-state index in [9.17, 15) is 19.7 Å². The Morgan fingerprint density at radius 2 is 1.79 bits per heavy atom. The molecule has 0 radical (unpaired) electrons. The van der Waals surface area contributed by atoms with Crippen LogP contribution in [0.5, 0.6) is 0 Å². The Morgan fingerprint density at radius 3 is 2.21 bits per heavy atom. The standard InChI is InChI=1S/C10H11ClN4O4/c11-6-2-1-3-7(10(6)15(18)19)14(4-8(12)16)5-9(13)17/h1-3H,4-5H2,(H2,12,16)(H2,13,17). The number of carbonyl (C=O) groups excluding carboxylic acids is 2. The summed E-state index contributed by atoms with van der Waals surface area (Å²) in [4.78, 5) is 33.3. The van der Waals surface area contributed by atoms with E-state index in [0.717, 1.165) is 4.90 Å². The molecule has 0 spiro atoms. The van der Waals surface area contributed by atoms with Crippen LogP contribution >= 0.6 is 11.6 Å². The lowest BCUT2D eigenvalue weighted by Gasteiger charge is -2.21. The highest BCUT2D eigenvalue weighted by Gasteiger charge is 2.24. The fraction of sp³-hybridized carbons (Fsp3) is 0.200. The van der Waals surface area contributed by atoms with E-state index in [1.54, 1.807) is 0 Å². The normalized spacial score (nSPS) is 9.95. The zero-order chi connectivity index (χ0) is 14.6. The smallest absolute Gasteiger partial charge is 0.310 e. The molecule has 0 bridgehead atoms. The number of amides is 2. The van der Waals surface area contributed by atoms with Crippen molar-refractivity contribution in [3.8, 4) is 0 Å². The average Bonchev–Trinajstić information content (AvgIpc) is 2.25. The minimum absolute atomic E-state index is 0.00935. The Morgan fingerprint density at radius 1 is 1.26 bits per heavy atom. The average molecular weight is 287 g/mol. The summed E-state index contributed by atoms with van der Waals surface area (Å²) >= 11 is 5.74. The number of hydrogen-bond donors (Lipinski definition) is 2. The van der Waals surface area contributed by atoms with Gasteiger partial charge in [-0.25, -0.2) is 0 Å². The Labute approximate surface area is 113 Å². The van der Waals surface area contributed by atoms with E-state index in [1.165, 1.54) is 18.2 Å². The molecule has 0 aliphatic carbocycles. The van der Waals surface area contributed by atoms with Crippen molar-refractivity contribution >= 4 is 34.8 Å². The van der Waals surface area contributed by atoms with Crippen LogP contribution < -0.4 is 16.4 Å². The van der Waals surface area contributed by atoms with Crippen LogP contribution in [0, 0.1) is 10.1 Å². The topological polar surface area (TPSA) is 133 Å². The summed E-state index contributed by atoms with van der Waals surface area (Å²) in [6.07, 6.45) is 0. The second kappa shape index (κ2) is 6.01. The van der Waals surface area contributed by atoms with Gasteiger partial charge in [0, 0.05) is 0 Å². The quantitative estimate of drug-likeness (QED) is 0.562. The number of halogens is 1. The second-order valence-electron chi connectivity index (χ2n) is 3.65. The van der Waals surface area contributed by atoms with E-state index < -0.39 is 22.4 Å². The molecule has 1 rings (SSSR count). The van der Waals surface area contributed by atoms with Gasteiger partial charge in [-0.1, -0.05) is 17.7 Å². The van der Waals surface area contributed by atoms with Crippen LogP contribution in [0.25, 0.3) is 0 Å². The van der Waals surface area contributed by atoms with E-state index in [4.69, 9.17) is 23.1 Å². The van der Waals surface area contributed by atoms with Gasteiger partial charge in [0.1, 0.15) is 10.7 Å². The van der Waals surface area contributed by atoms with Gasteiger partial charge in [0.15, 0.2) is 0 Å². The predicted molar refractivity (Wildman–Crippen MR) is 68.7 cm³/mol. The van der Waals surface area contributed by atoms with Gasteiger partial charge < -0.3 is 16.4 Å². The number of hydrogen-bond acceptors (Lipinski definition) is 5. The van der Waals surface area contributed by atoms with Crippen LogP contribution in [0.1, 0.15) is 0 Å². The van der Waals surface area contributed by atoms with Gasteiger partial charge in [0.25, 0.3) is 0 Å². The van der Waals surface area contributed by atoms with E-state index >= 15 is 0 Å². The first-order chi connectivity index (χ1) is 8.82. The number of carbonyl (C=O) groups is 2. The number of nitro benzene ring substituents is 1. The number of nitro groups is 1. The van der Waals surface area contributed by atoms with Gasteiger partial charge >= 0.3 is 5.69 Å². The molecule has 4 N–H and O–H groups in total. The molecule has 0 aliphatic heterocycles. The summed E-state index contributed by atoms with van der Waals surface area (Å²) in [5.74, 6) is -1.51. The van der Waals surface area contributed by atoms with E-state index in [0.29, 0.717) is 0 Å². The van der Waals surface area contributed by atoms with Crippen molar-refractivity contribution in [3.05, 3.63) is 33.3 Å². The molecule has 0 unspecified atom stereocenters. The highest BCUT2D eigenvalue weighted by atomic mass is 35.5. The maximum absolute atomic E-state index is 11.0. The molecule has 1 aromatic rings. The number of nitrogens with two attached hydrogens (primary N) is 2. The lowest BCUT2D eigenvalue weighted by molar-refractivity contribution is -0.384. The number of para-hydroxylation sites is 1. The largest absolute Gasteiger partial charge is 0.368 e. The number of benzene rings is 1. The van der Waals surface area contributed by atoms with E-state index in [-0.39, 0.29) is 23.8 Å². The minimum Gasteiger partial charge on any atom is -0.368 e. The third-order valence-electron chi connectivity index (χ3n) is 2.18. The molecule has 8 nitrogen and oxygen atoms in total. The molecule has 9 heteroatoms. The molecule has 0 saturated carbocycles. The summed E-state index contributed by atoms with van der Waals surface area (Å²) < 4.78 is 0. The molecule has 0 heterocycles. The van der Waals surface area contributed by atoms with Crippen LogP contribution in [0.3, 0.4) is 0 Å². The Bertz CT molecular complexity index is 518. The zero-order valence-corrected chi connectivity index (χ0v) is 10.5. The first kappa shape index (κ1) is 14.7. The van der Waals surface area contributed by atoms with Gasteiger partial charge in [-0.3, -0.25) is 19.7 Å². The first-order valence-corrected chi connectivity index (χ1v) is 5.45. The zero-order valence-electron chi connectivity index (χ0n) is 9.71. The van der Waals surface area contributed by atoms with Crippen molar-refractivity contribution in [3.63, 3.8) is 0 Å². The van der Waals surface area contributed by atoms with Crippen molar-refractivity contribution in [1.82, 2.24) is 0 Å². The molecule has 19 heavy (non-hydrogen) atoms. The maximum Gasteiger partial charge on any atom is 0.310 e. The van der Waals surface area contributed by atoms with Crippen molar-refractivity contribution in [2.45, 2.75) is 0 Å². The molecule has 0 aromatic heterocycles. The highest BCUT2D eigenvalue weighted by Crippen LogP contribution is 2.34. The van der Waals surface area contributed by atoms with Crippen LogP contribution in [-0.4, -0.2) is 29.8 Å². The Hall–Kier alpha value is -2.35. The lowest BCUT2D eigenvalue weighted by Crippen LogP contribution is -2.40. The number of nitrogens with zero attached hydrogens (tertiary/aromatic N) is 2. The molecule has 0 atom stereocenters. The third-order valence-corrected chi connectivity index (χ3v) is 2.49. The van der Waals surface area contributed by atoms with Gasteiger partial charge in [0.2, 0.25) is 11.8 Å². The SMILES string of the molecule is NC(=O)CN(CC(N)=O)c1cccc(Cl)c1[N+](=O)[O-]. The monoisotopic (exact) mass is 286 g/mol. The summed E-state index contributed by atoms with van der Waals surface area (Å²) in [6, 6.07) is 4.14. The molecule has 0 fully saturated rings. The Kier molecular flexibility index (Phi) is 4.65. The van der Waals surface area contributed by atoms with Crippen molar-refractivity contribution < 1.29 is 14.5 Å². The molecule has 0 saturated heterocycles.